The van der Waals surface area contributed by atoms with Crippen LogP contribution in [-0.2, 0) is 14.3 Å². The van der Waals surface area contributed by atoms with Crippen molar-refractivity contribution in [3.63, 3.8) is 0 Å². The maximum atomic E-state index is 13.6. The van der Waals surface area contributed by atoms with E-state index in [1.165, 1.54) is 42.5 Å². The molecule has 1 aliphatic heterocycles. The summed E-state index contributed by atoms with van der Waals surface area (Å²) < 4.78 is 19.1. The van der Waals surface area contributed by atoms with Crippen LogP contribution in [0.15, 0.2) is 54.2 Å². The van der Waals surface area contributed by atoms with E-state index < -0.39 is 22.6 Å². The van der Waals surface area contributed by atoms with E-state index in [4.69, 9.17) is 4.74 Å². The lowest BCUT2D eigenvalue weighted by Crippen LogP contribution is -2.34. The number of unbranched alkanes of at least 4 members (excludes halogenated alkanes) is 1. The number of rotatable bonds is 11. The van der Waals surface area contributed by atoms with Gasteiger partial charge in [-0.3, -0.25) is 24.6 Å². The van der Waals surface area contributed by atoms with Gasteiger partial charge in [0.15, 0.2) is 0 Å². The van der Waals surface area contributed by atoms with Gasteiger partial charge in [-0.1, -0.05) is 19.4 Å². The Labute approximate surface area is 184 Å². The summed E-state index contributed by atoms with van der Waals surface area (Å²) in [6, 6.07) is 10.9. The first kappa shape index (κ1) is 23.1. The van der Waals surface area contributed by atoms with Crippen LogP contribution in [0.1, 0.15) is 31.7 Å². The van der Waals surface area contributed by atoms with E-state index >= 15 is 0 Å². The number of nitrogens with one attached hydrogen (secondary N) is 1. The summed E-state index contributed by atoms with van der Waals surface area (Å²) in [5.41, 5.74) is 0.620. The number of benzene rings is 2. The maximum absolute atomic E-state index is 13.6. The molecule has 3 rings (SSSR count). The van der Waals surface area contributed by atoms with Crippen LogP contribution < -0.4 is 5.32 Å². The van der Waals surface area contributed by atoms with Gasteiger partial charge in [-0.2, -0.15) is 0 Å². The molecule has 0 spiro atoms. The number of nitrogens with zero attached hydrogens (tertiary/aromatic N) is 2. The normalized spacial score (nSPS) is 13.8. The average molecular weight is 441 g/mol. The zero-order valence-corrected chi connectivity index (χ0v) is 17.7. The molecular formula is C23H24FN3O5. The van der Waals surface area contributed by atoms with Gasteiger partial charge in [0.2, 0.25) is 0 Å². The highest BCUT2D eigenvalue weighted by atomic mass is 19.1. The Kier molecular flexibility index (Phi) is 7.67. The molecule has 1 N–H and O–H groups in total. The van der Waals surface area contributed by atoms with Gasteiger partial charge in [-0.25, -0.2) is 4.39 Å². The summed E-state index contributed by atoms with van der Waals surface area (Å²) in [4.78, 5) is 37.7. The van der Waals surface area contributed by atoms with E-state index in [2.05, 4.69) is 12.2 Å². The highest BCUT2D eigenvalue weighted by Gasteiger charge is 2.39. The molecule has 0 unspecified atom stereocenters. The first-order chi connectivity index (χ1) is 15.4. The number of carbonyl (C=O) groups is 2. The molecule has 2 aromatic carbocycles. The van der Waals surface area contributed by atoms with Crippen LogP contribution in [-0.4, -0.2) is 41.4 Å². The molecule has 0 aliphatic carbocycles. The number of carbonyl (C=O) groups excluding carboxylic acids is 2. The van der Waals surface area contributed by atoms with Crippen LogP contribution in [0.25, 0.3) is 5.57 Å². The molecule has 1 aliphatic rings. The second-order valence-corrected chi connectivity index (χ2v) is 7.27. The zero-order chi connectivity index (χ0) is 23.1. The fraction of sp³-hybridized carbons (Fsp3) is 0.304. The fourth-order valence-electron chi connectivity index (χ4n) is 3.30. The van der Waals surface area contributed by atoms with Gasteiger partial charge in [-0.15, -0.1) is 0 Å². The second-order valence-electron chi connectivity index (χ2n) is 7.27. The lowest BCUT2D eigenvalue weighted by molar-refractivity contribution is -0.384. The van der Waals surface area contributed by atoms with Crippen LogP contribution in [0.2, 0.25) is 0 Å². The van der Waals surface area contributed by atoms with Crippen LogP contribution in [0.3, 0.4) is 0 Å². The first-order valence-corrected chi connectivity index (χ1v) is 10.4. The molecule has 0 fully saturated rings. The van der Waals surface area contributed by atoms with E-state index in [0.717, 1.165) is 17.7 Å². The topological polar surface area (TPSA) is 102 Å². The standard InChI is InChI=1S/C23H24FN3O5/c1-2-3-13-32-14-5-12-26-22(28)20(16-8-10-19(11-9-16)27(30)31)21(23(26)29)25-18-7-4-6-17(24)15-18/h4,6-11,15,25H,2-3,5,12-14H2,1H3. The molecule has 168 valence electrons. The van der Waals surface area contributed by atoms with E-state index in [0.29, 0.717) is 30.9 Å². The predicted octanol–water partition coefficient (Wildman–Crippen LogP) is 4.13. The van der Waals surface area contributed by atoms with Crippen LogP contribution in [0.5, 0.6) is 0 Å². The van der Waals surface area contributed by atoms with Crippen molar-refractivity contribution in [1.29, 1.82) is 0 Å². The minimum Gasteiger partial charge on any atom is -0.381 e. The van der Waals surface area contributed by atoms with Crippen LogP contribution >= 0.6 is 0 Å². The highest BCUT2D eigenvalue weighted by Crippen LogP contribution is 2.31. The summed E-state index contributed by atoms with van der Waals surface area (Å²) in [6.07, 6.45) is 2.43. The number of nitro groups is 1. The molecule has 0 atom stereocenters. The molecule has 1 heterocycles. The number of imide groups is 1. The number of non-ortho nitro benzene ring substituents is 1. The predicted molar refractivity (Wildman–Crippen MR) is 117 cm³/mol. The van der Waals surface area contributed by atoms with Gasteiger partial charge in [0.1, 0.15) is 11.5 Å². The minimum absolute atomic E-state index is 0.00125. The Morgan fingerprint density at radius 1 is 1.06 bits per heavy atom. The molecule has 32 heavy (non-hydrogen) atoms. The molecule has 2 aromatic rings. The van der Waals surface area contributed by atoms with Crippen molar-refractivity contribution in [2.45, 2.75) is 26.2 Å². The van der Waals surface area contributed by atoms with Crippen molar-refractivity contribution in [2.24, 2.45) is 0 Å². The first-order valence-electron chi connectivity index (χ1n) is 10.4. The van der Waals surface area contributed by atoms with Crippen molar-refractivity contribution in [3.05, 3.63) is 75.7 Å². The van der Waals surface area contributed by atoms with Crippen molar-refractivity contribution in [3.8, 4) is 0 Å². The highest BCUT2D eigenvalue weighted by molar-refractivity contribution is 6.36. The maximum Gasteiger partial charge on any atom is 0.278 e. The van der Waals surface area contributed by atoms with Gasteiger partial charge in [0, 0.05) is 37.6 Å². The van der Waals surface area contributed by atoms with E-state index in [1.54, 1.807) is 6.07 Å². The fourth-order valence-corrected chi connectivity index (χ4v) is 3.30. The van der Waals surface area contributed by atoms with Gasteiger partial charge in [0.05, 0.1) is 10.5 Å². The SMILES string of the molecule is CCCCOCCCN1C(=O)C(Nc2cccc(F)c2)=C(c2ccc([N+](=O)[O-])cc2)C1=O. The Balaban J connectivity index is 1.86. The average Bonchev–Trinajstić information content (AvgIpc) is 3.00. The molecule has 0 radical (unpaired) electrons. The Hall–Kier alpha value is -3.59. The number of halogens is 1. The number of hydrogen-bond acceptors (Lipinski definition) is 6. The molecule has 8 nitrogen and oxygen atoms in total. The minimum atomic E-state index is -0.545. The van der Waals surface area contributed by atoms with Crippen LogP contribution in [0.4, 0.5) is 15.8 Å². The molecular weight excluding hydrogens is 417 g/mol. The Morgan fingerprint density at radius 3 is 2.44 bits per heavy atom. The third kappa shape index (κ3) is 5.36. The van der Waals surface area contributed by atoms with E-state index in [9.17, 15) is 24.1 Å². The number of hydrogen-bond donors (Lipinski definition) is 1. The summed E-state index contributed by atoms with van der Waals surface area (Å²) in [5, 5.41) is 13.8. The van der Waals surface area contributed by atoms with Crippen molar-refractivity contribution in [2.75, 3.05) is 25.1 Å². The zero-order valence-electron chi connectivity index (χ0n) is 17.7. The summed E-state index contributed by atoms with van der Waals surface area (Å²) in [7, 11) is 0. The number of nitro benzene ring substituents is 1. The third-order valence-electron chi connectivity index (χ3n) is 4.94. The molecule has 0 saturated heterocycles. The molecule has 9 heteroatoms. The van der Waals surface area contributed by atoms with Gasteiger partial charge >= 0.3 is 0 Å². The Morgan fingerprint density at radius 2 is 1.78 bits per heavy atom. The van der Waals surface area contributed by atoms with E-state index in [-0.39, 0.29) is 23.5 Å². The molecule has 2 amide bonds. The number of ether oxygens (including phenoxy) is 1. The second kappa shape index (κ2) is 10.6. The van der Waals surface area contributed by atoms with Crippen LogP contribution in [0, 0.1) is 15.9 Å². The number of amides is 2. The lowest BCUT2D eigenvalue weighted by Gasteiger charge is -2.15. The quantitative estimate of drug-likeness (QED) is 0.243. The smallest absolute Gasteiger partial charge is 0.278 e. The number of anilines is 1. The summed E-state index contributed by atoms with van der Waals surface area (Å²) in [6.45, 7) is 3.26. The lowest BCUT2D eigenvalue weighted by atomic mass is 10.0. The molecule has 0 aromatic heterocycles. The molecule has 0 saturated carbocycles. The largest absolute Gasteiger partial charge is 0.381 e. The van der Waals surface area contributed by atoms with Gasteiger partial charge in [0.25, 0.3) is 17.5 Å². The third-order valence-corrected chi connectivity index (χ3v) is 4.94. The van der Waals surface area contributed by atoms with Crippen molar-refractivity contribution >= 4 is 28.8 Å². The Bertz CT molecular complexity index is 1040. The van der Waals surface area contributed by atoms with Crippen molar-refractivity contribution in [1.82, 2.24) is 4.90 Å². The van der Waals surface area contributed by atoms with Gasteiger partial charge < -0.3 is 10.1 Å². The monoisotopic (exact) mass is 441 g/mol. The van der Waals surface area contributed by atoms with Crippen molar-refractivity contribution < 1.29 is 23.6 Å². The van der Waals surface area contributed by atoms with Gasteiger partial charge in [-0.05, 0) is 48.7 Å². The summed E-state index contributed by atoms with van der Waals surface area (Å²) >= 11 is 0. The molecule has 0 bridgehead atoms. The van der Waals surface area contributed by atoms with E-state index in [1.807, 2.05) is 0 Å². The summed E-state index contributed by atoms with van der Waals surface area (Å²) in [5.74, 6) is -1.55.